The maximum Gasteiger partial charge on any atom is 0.00285 e. The van der Waals surface area contributed by atoms with Crippen molar-refractivity contribution in [1.82, 2.24) is 0 Å². The third kappa shape index (κ3) is 3.35. The maximum atomic E-state index is 3.91. The molecule has 0 aromatic carbocycles. The molecule has 1 rings (SSSR count). The van der Waals surface area contributed by atoms with Crippen LogP contribution in [0.5, 0.6) is 0 Å². The van der Waals surface area contributed by atoms with Crippen LogP contribution in [0.1, 0.15) is 38.7 Å². The average Bonchev–Trinajstić information content (AvgIpc) is 2.50. The van der Waals surface area contributed by atoms with Crippen LogP contribution in [0.2, 0.25) is 0 Å². The van der Waals surface area contributed by atoms with E-state index in [-0.39, 0.29) is 0 Å². The Morgan fingerprint density at radius 3 is 2.62 bits per heavy atom. The summed E-state index contributed by atoms with van der Waals surface area (Å²) in [5.74, 6) is 0.520. The summed E-state index contributed by atoms with van der Waals surface area (Å²) >= 11 is 1.76. The van der Waals surface area contributed by atoms with E-state index < -0.39 is 0 Å². The van der Waals surface area contributed by atoms with Crippen LogP contribution in [0, 0.1) is 5.41 Å². The van der Waals surface area contributed by atoms with Gasteiger partial charge in [0, 0.05) is 5.92 Å². The molecule has 1 aromatic rings. The molecule has 1 aromatic heterocycles. The largest absolute Gasteiger partial charge is 0.152 e. The number of rotatable bonds is 3. The fraction of sp³-hybridized carbons (Fsp3) is 0.500. The predicted octanol–water partition coefficient (Wildman–Crippen LogP) is 4.45. The summed E-state index contributed by atoms with van der Waals surface area (Å²) in [7, 11) is 0. The molecule has 1 heterocycles. The van der Waals surface area contributed by atoms with Crippen LogP contribution < -0.4 is 0 Å². The third-order valence-electron chi connectivity index (χ3n) is 2.09. The van der Waals surface area contributed by atoms with Crippen LogP contribution in [0.4, 0.5) is 0 Å². The molecule has 0 fully saturated rings. The van der Waals surface area contributed by atoms with Crippen molar-refractivity contribution < 1.29 is 0 Å². The van der Waals surface area contributed by atoms with Gasteiger partial charge in [0.05, 0.1) is 0 Å². The maximum absolute atomic E-state index is 3.91. The van der Waals surface area contributed by atoms with Crippen molar-refractivity contribution in [3.63, 3.8) is 0 Å². The van der Waals surface area contributed by atoms with Crippen molar-refractivity contribution in [3.8, 4) is 0 Å². The Bertz CT molecular complexity index is 251. The lowest BCUT2D eigenvalue weighted by atomic mass is 9.82. The van der Waals surface area contributed by atoms with Crippen LogP contribution in [-0.2, 0) is 0 Å². The van der Waals surface area contributed by atoms with Crippen LogP contribution in [-0.4, -0.2) is 0 Å². The molecular formula is C12H18S. The van der Waals surface area contributed by atoms with Gasteiger partial charge >= 0.3 is 0 Å². The Hall–Kier alpha value is -0.560. The third-order valence-corrected chi connectivity index (χ3v) is 2.79. The number of allylic oxidation sites excluding steroid dienone is 1. The zero-order valence-electron chi connectivity index (χ0n) is 8.71. The molecule has 0 unspecified atom stereocenters. The Morgan fingerprint density at radius 1 is 1.54 bits per heavy atom. The van der Waals surface area contributed by atoms with Gasteiger partial charge < -0.3 is 0 Å². The van der Waals surface area contributed by atoms with Crippen molar-refractivity contribution in [2.24, 2.45) is 5.41 Å². The Labute approximate surface area is 85.3 Å². The highest BCUT2D eigenvalue weighted by atomic mass is 32.1. The van der Waals surface area contributed by atoms with E-state index in [1.807, 2.05) is 0 Å². The highest BCUT2D eigenvalue weighted by molar-refractivity contribution is 7.07. The molecule has 0 aliphatic heterocycles. The van der Waals surface area contributed by atoms with Crippen molar-refractivity contribution >= 4 is 11.3 Å². The van der Waals surface area contributed by atoms with Gasteiger partial charge in [-0.25, -0.2) is 0 Å². The first-order valence-electron chi connectivity index (χ1n) is 4.67. The Morgan fingerprint density at radius 2 is 2.23 bits per heavy atom. The minimum atomic E-state index is 0.376. The molecule has 0 nitrogen and oxygen atoms in total. The van der Waals surface area contributed by atoms with Crippen LogP contribution in [0.25, 0.3) is 0 Å². The van der Waals surface area contributed by atoms with Gasteiger partial charge in [-0.05, 0) is 34.2 Å². The summed E-state index contributed by atoms with van der Waals surface area (Å²) in [5.41, 5.74) is 1.79. The molecule has 0 bridgehead atoms. The second kappa shape index (κ2) is 4.10. The summed E-state index contributed by atoms with van der Waals surface area (Å²) < 4.78 is 0. The van der Waals surface area contributed by atoms with E-state index in [2.05, 4.69) is 50.3 Å². The van der Waals surface area contributed by atoms with Gasteiger partial charge in [-0.3, -0.25) is 0 Å². The molecule has 0 saturated carbocycles. The van der Waals surface area contributed by atoms with Crippen LogP contribution in [0.15, 0.2) is 29.5 Å². The summed E-state index contributed by atoms with van der Waals surface area (Å²) in [5, 5.41) is 4.35. The number of hydrogen-bond acceptors (Lipinski definition) is 1. The smallest absolute Gasteiger partial charge is 0.00285 e. The first-order valence-corrected chi connectivity index (χ1v) is 5.62. The molecule has 0 saturated heterocycles. The summed E-state index contributed by atoms with van der Waals surface area (Å²) in [6.45, 7) is 10.7. The standard InChI is InChI=1S/C12H18S/c1-5-10(8-12(2,3)4)11-6-7-13-9-11/h5-7,9-10H,1,8H2,2-4H3/t10-/m1/s1. The minimum absolute atomic E-state index is 0.376. The average molecular weight is 194 g/mol. The fourth-order valence-corrected chi connectivity index (χ4v) is 2.21. The van der Waals surface area contributed by atoms with Gasteiger partial charge in [0.25, 0.3) is 0 Å². The van der Waals surface area contributed by atoms with Crippen LogP contribution in [0.3, 0.4) is 0 Å². The van der Waals surface area contributed by atoms with E-state index in [4.69, 9.17) is 0 Å². The lowest BCUT2D eigenvalue weighted by Crippen LogP contribution is -2.09. The SMILES string of the molecule is C=C[C@H](CC(C)(C)C)c1ccsc1. The minimum Gasteiger partial charge on any atom is -0.152 e. The Kier molecular flexibility index (Phi) is 3.32. The summed E-state index contributed by atoms with van der Waals surface area (Å²) in [6.07, 6.45) is 3.24. The second-order valence-corrected chi connectivity index (χ2v) is 5.44. The normalized spacial score (nSPS) is 14.1. The number of hydrogen-bond donors (Lipinski definition) is 0. The highest BCUT2D eigenvalue weighted by Gasteiger charge is 2.17. The quantitative estimate of drug-likeness (QED) is 0.623. The van der Waals surface area contributed by atoms with E-state index in [0.717, 1.165) is 0 Å². The molecule has 1 atom stereocenters. The monoisotopic (exact) mass is 194 g/mol. The van der Waals surface area contributed by atoms with Gasteiger partial charge in [0.2, 0.25) is 0 Å². The van der Waals surface area contributed by atoms with E-state index in [1.165, 1.54) is 12.0 Å². The molecule has 0 aliphatic rings. The molecule has 0 aliphatic carbocycles. The zero-order chi connectivity index (χ0) is 9.90. The summed E-state index contributed by atoms with van der Waals surface area (Å²) in [6, 6.07) is 2.20. The molecule has 13 heavy (non-hydrogen) atoms. The van der Waals surface area contributed by atoms with Gasteiger partial charge in [-0.1, -0.05) is 26.8 Å². The molecule has 1 heteroatoms. The molecule has 0 N–H and O–H groups in total. The lowest BCUT2D eigenvalue weighted by molar-refractivity contribution is 0.361. The van der Waals surface area contributed by atoms with E-state index >= 15 is 0 Å². The fourth-order valence-electron chi connectivity index (χ4n) is 1.48. The molecule has 72 valence electrons. The second-order valence-electron chi connectivity index (χ2n) is 4.66. The van der Waals surface area contributed by atoms with Gasteiger partial charge in [-0.2, -0.15) is 11.3 Å². The zero-order valence-corrected chi connectivity index (χ0v) is 9.53. The van der Waals surface area contributed by atoms with Crippen LogP contribution >= 0.6 is 11.3 Å². The van der Waals surface area contributed by atoms with E-state index in [0.29, 0.717) is 11.3 Å². The number of thiophene rings is 1. The molecule has 0 radical (unpaired) electrons. The van der Waals surface area contributed by atoms with Gasteiger partial charge in [-0.15, -0.1) is 6.58 Å². The molecular weight excluding hydrogens is 176 g/mol. The van der Waals surface area contributed by atoms with Crippen molar-refractivity contribution in [2.75, 3.05) is 0 Å². The highest BCUT2D eigenvalue weighted by Crippen LogP contribution is 2.32. The molecule has 0 spiro atoms. The topological polar surface area (TPSA) is 0 Å². The first kappa shape index (κ1) is 10.5. The van der Waals surface area contributed by atoms with Crippen molar-refractivity contribution in [2.45, 2.75) is 33.1 Å². The van der Waals surface area contributed by atoms with Gasteiger partial charge in [0.15, 0.2) is 0 Å². The molecule has 0 amide bonds. The van der Waals surface area contributed by atoms with Gasteiger partial charge in [0.1, 0.15) is 0 Å². The van der Waals surface area contributed by atoms with E-state index in [1.54, 1.807) is 11.3 Å². The first-order chi connectivity index (χ1) is 6.03. The Balaban J connectivity index is 2.70. The lowest BCUT2D eigenvalue weighted by Gasteiger charge is -2.23. The van der Waals surface area contributed by atoms with Crippen molar-refractivity contribution in [3.05, 3.63) is 35.0 Å². The van der Waals surface area contributed by atoms with Crippen molar-refractivity contribution in [1.29, 1.82) is 0 Å². The summed E-state index contributed by atoms with van der Waals surface area (Å²) in [4.78, 5) is 0. The van der Waals surface area contributed by atoms with E-state index in [9.17, 15) is 0 Å². The predicted molar refractivity (Wildman–Crippen MR) is 61.3 cm³/mol.